The Kier molecular flexibility index (Phi) is 5.36. The monoisotopic (exact) mass is 332 g/mol. The van der Waals surface area contributed by atoms with Crippen molar-refractivity contribution in [3.05, 3.63) is 17.2 Å². The third kappa shape index (κ3) is 3.88. The highest BCUT2D eigenvalue weighted by Crippen LogP contribution is 2.35. The molecule has 0 aliphatic carbocycles. The van der Waals surface area contributed by atoms with Gasteiger partial charge in [0.1, 0.15) is 0 Å². The number of carbonyl (C=O) groups is 1. The summed E-state index contributed by atoms with van der Waals surface area (Å²) in [6.45, 7) is 11.8. The van der Waals surface area contributed by atoms with Gasteiger partial charge >= 0.3 is 0 Å². The molecular formula is C17H24N4OS. The normalized spacial score (nSPS) is 12.0. The Labute approximate surface area is 141 Å². The number of amides is 1. The molecule has 0 saturated carbocycles. The molecule has 0 unspecified atom stereocenters. The lowest BCUT2D eigenvalue weighted by Crippen LogP contribution is -2.19. The number of aryl methyl sites for hydroxylation is 2. The van der Waals surface area contributed by atoms with Crippen LogP contribution in [-0.4, -0.2) is 16.6 Å². The Bertz CT molecular complexity index is 762. The standard InChI is InChI=1S/C17H24N4OS/c1-7-11(5)20-21-17-18-13-8-10(4)14(12(6)15(13)23-17)19-16(22)9(2)3/h8-9H,7H2,1-6H3,(H,18,21)(H,19,22)/b20-11-. The number of benzene rings is 1. The van der Waals surface area contributed by atoms with Gasteiger partial charge in [0.25, 0.3) is 0 Å². The Morgan fingerprint density at radius 1 is 1.39 bits per heavy atom. The number of carbonyl (C=O) groups excluding carboxylic acids is 1. The fraction of sp³-hybridized carbons (Fsp3) is 0.471. The highest BCUT2D eigenvalue weighted by atomic mass is 32.1. The average Bonchev–Trinajstić information content (AvgIpc) is 2.91. The summed E-state index contributed by atoms with van der Waals surface area (Å²) in [5, 5.41) is 8.10. The maximum absolute atomic E-state index is 12.0. The minimum absolute atomic E-state index is 0.0292. The number of rotatable bonds is 5. The second-order valence-corrected chi connectivity index (χ2v) is 7.02. The van der Waals surface area contributed by atoms with Gasteiger partial charge in [0.15, 0.2) is 0 Å². The first kappa shape index (κ1) is 17.4. The number of hydrogen-bond acceptors (Lipinski definition) is 5. The minimum Gasteiger partial charge on any atom is -0.325 e. The lowest BCUT2D eigenvalue weighted by atomic mass is 10.1. The van der Waals surface area contributed by atoms with Gasteiger partial charge in [-0.1, -0.05) is 32.1 Å². The average molecular weight is 332 g/mol. The first-order valence-electron chi connectivity index (χ1n) is 7.84. The molecule has 2 rings (SSSR count). The van der Waals surface area contributed by atoms with Crippen LogP contribution in [0.1, 0.15) is 45.2 Å². The summed E-state index contributed by atoms with van der Waals surface area (Å²) in [7, 11) is 0. The molecule has 23 heavy (non-hydrogen) atoms. The molecule has 0 aliphatic heterocycles. The quantitative estimate of drug-likeness (QED) is 0.616. The molecule has 6 heteroatoms. The van der Waals surface area contributed by atoms with E-state index in [1.54, 1.807) is 11.3 Å². The summed E-state index contributed by atoms with van der Waals surface area (Å²) in [5.74, 6) is -0.0175. The summed E-state index contributed by atoms with van der Waals surface area (Å²) < 4.78 is 1.07. The molecule has 0 aliphatic rings. The van der Waals surface area contributed by atoms with E-state index in [1.807, 2.05) is 40.7 Å². The summed E-state index contributed by atoms with van der Waals surface area (Å²) in [6, 6.07) is 2.01. The van der Waals surface area contributed by atoms with Crippen LogP contribution in [0.5, 0.6) is 0 Å². The van der Waals surface area contributed by atoms with Crippen LogP contribution in [-0.2, 0) is 4.79 Å². The number of hydrazone groups is 1. The van der Waals surface area contributed by atoms with Crippen LogP contribution in [0.4, 0.5) is 10.8 Å². The van der Waals surface area contributed by atoms with Crippen LogP contribution < -0.4 is 10.7 Å². The lowest BCUT2D eigenvalue weighted by Gasteiger charge is -2.13. The predicted molar refractivity (Wildman–Crippen MR) is 99.6 cm³/mol. The van der Waals surface area contributed by atoms with E-state index < -0.39 is 0 Å². The van der Waals surface area contributed by atoms with Crippen molar-refractivity contribution >= 4 is 44.0 Å². The van der Waals surface area contributed by atoms with Gasteiger partial charge in [-0.15, -0.1) is 0 Å². The molecular weight excluding hydrogens is 308 g/mol. The molecule has 5 nitrogen and oxygen atoms in total. The molecule has 1 amide bonds. The number of thiazole rings is 1. The number of anilines is 2. The number of nitrogens with one attached hydrogen (secondary N) is 2. The topological polar surface area (TPSA) is 66.4 Å². The van der Waals surface area contributed by atoms with Gasteiger partial charge in [-0.05, 0) is 44.4 Å². The maximum atomic E-state index is 12.0. The van der Waals surface area contributed by atoms with E-state index >= 15 is 0 Å². The molecule has 124 valence electrons. The second-order valence-electron chi connectivity index (χ2n) is 6.02. The van der Waals surface area contributed by atoms with E-state index in [4.69, 9.17) is 0 Å². The van der Waals surface area contributed by atoms with Crippen molar-refractivity contribution in [1.82, 2.24) is 4.98 Å². The van der Waals surface area contributed by atoms with Crippen molar-refractivity contribution in [3.63, 3.8) is 0 Å². The van der Waals surface area contributed by atoms with Crippen LogP contribution in [0.25, 0.3) is 10.2 Å². The van der Waals surface area contributed by atoms with E-state index in [0.717, 1.165) is 44.3 Å². The molecule has 0 bridgehead atoms. The Morgan fingerprint density at radius 2 is 2.09 bits per heavy atom. The van der Waals surface area contributed by atoms with Crippen molar-refractivity contribution < 1.29 is 4.79 Å². The number of fused-ring (bicyclic) bond motifs is 1. The summed E-state index contributed by atoms with van der Waals surface area (Å²) in [6.07, 6.45) is 0.904. The fourth-order valence-electron chi connectivity index (χ4n) is 2.11. The number of nitrogens with zero attached hydrogens (tertiary/aromatic N) is 2. The van der Waals surface area contributed by atoms with Crippen LogP contribution in [0.15, 0.2) is 11.2 Å². The molecule has 1 heterocycles. The van der Waals surface area contributed by atoms with Gasteiger partial charge in [0.05, 0.1) is 10.2 Å². The molecule has 0 fully saturated rings. The van der Waals surface area contributed by atoms with Crippen molar-refractivity contribution in [2.75, 3.05) is 10.7 Å². The lowest BCUT2D eigenvalue weighted by molar-refractivity contribution is -0.118. The largest absolute Gasteiger partial charge is 0.325 e. The van der Waals surface area contributed by atoms with Gasteiger partial charge in [-0.25, -0.2) is 4.98 Å². The smallest absolute Gasteiger partial charge is 0.226 e. The molecule has 0 spiro atoms. The molecule has 0 radical (unpaired) electrons. The second kappa shape index (κ2) is 7.08. The van der Waals surface area contributed by atoms with Crippen molar-refractivity contribution in [2.45, 2.75) is 48.0 Å². The van der Waals surface area contributed by atoms with Gasteiger partial charge in [0, 0.05) is 17.3 Å². The molecule has 1 aromatic carbocycles. The van der Waals surface area contributed by atoms with Crippen molar-refractivity contribution in [3.8, 4) is 0 Å². The van der Waals surface area contributed by atoms with Crippen molar-refractivity contribution in [1.29, 1.82) is 0 Å². The first-order valence-corrected chi connectivity index (χ1v) is 8.65. The Balaban J connectivity index is 2.39. The minimum atomic E-state index is -0.0467. The summed E-state index contributed by atoms with van der Waals surface area (Å²) in [4.78, 5) is 16.6. The molecule has 0 saturated heterocycles. The third-order valence-electron chi connectivity index (χ3n) is 3.74. The third-order valence-corrected chi connectivity index (χ3v) is 4.84. The zero-order chi connectivity index (χ0) is 17.1. The molecule has 1 aromatic heterocycles. The Hall–Kier alpha value is -1.95. The highest BCUT2D eigenvalue weighted by molar-refractivity contribution is 7.22. The summed E-state index contributed by atoms with van der Waals surface area (Å²) in [5.41, 5.74) is 7.94. The fourth-order valence-corrected chi connectivity index (χ4v) is 3.01. The van der Waals surface area contributed by atoms with E-state index in [2.05, 4.69) is 27.8 Å². The van der Waals surface area contributed by atoms with Crippen LogP contribution in [0, 0.1) is 19.8 Å². The highest BCUT2D eigenvalue weighted by Gasteiger charge is 2.15. The van der Waals surface area contributed by atoms with Crippen LogP contribution in [0.3, 0.4) is 0 Å². The van der Waals surface area contributed by atoms with E-state index in [9.17, 15) is 4.79 Å². The number of hydrogen-bond donors (Lipinski definition) is 2. The van der Waals surface area contributed by atoms with Gasteiger partial charge in [-0.3, -0.25) is 10.2 Å². The van der Waals surface area contributed by atoms with E-state index in [-0.39, 0.29) is 11.8 Å². The van der Waals surface area contributed by atoms with Crippen molar-refractivity contribution in [2.24, 2.45) is 11.0 Å². The predicted octanol–water partition coefficient (Wildman–Crippen LogP) is 4.71. The summed E-state index contributed by atoms with van der Waals surface area (Å²) >= 11 is 1.55. The van der Waals surface area contributed by atoms with Gasteiger partial charge in [0.2, 0.25) is 11.0 Å². The van der Waals surface area contributed by atoms with Gasteiger partial charge < -0.3 is 5.32 Å². The molecule has 0 atom stereocenters. The first-order chi connectivity index (χ1) is 10.8. The SMILES string of the molecule is CC/C(C)=N\Nc1nc2cc(C)c(NC(=O)C(C)C)c(C)c2s1. The van der Waals surface area contributed by atoms with E-state index in [0.29, 0.717) is 0 Å². The van der Waals surface area contributed by atoms with E-state index in [1.165, 1.54) is 0 Å². The zero-order valence-corrected chi connectivity index (χ0v) is 15.4. The zero-order valence-electron chi connectivity index (χ0n) is 14.6. The Morgan fingerprint density at radius 3 is 2.70 bits per heavy atom. The molecule has 2 aromatic rings. The number of aromatic nitrogens is 1. The van der Waals surface area contributed by atoms with Crippen LogP contribution >= 0.6 is 11.3 Å². The maximum Gasteiger partial charge on any atom is 0.226 e. The molecule has 2 N–H and O–H groups in total. The van der Waals surface area contributed by atoms with Crippen LogP contribution in [0.2, 0.25) is 0 Å². The van der Waals surface area contributed by atoms with Gasteiger partial charge in [-0.2, -0.15) is 5.10 Å².